The number of carbonyl (C=O) groups is 2. The quantitative estimate of drug-likeness (QED) is 0.490. The summed E-state index contributed by atoms with van der Waals surface area (Å²) in [6.45, 7) is 0. The molecule has 0 bridgehead atoms. The van der Waals surface area contributed by atoms with E-state index in [1.807, 2.05) is 0 Å². The van der Waals surface area contributed by atoms with Crippen LogP contribution >= 0.6 is 0 Å². The summed E-state index contributed by atoms with van der Waals surface area (Å²) < 4.78 is 13.6. The molecule has 2 aromatic carbocycles. The fraction of sp³-hybridized carbons (Fsp3) is 0. The summed E-state index contributed by atoms with van der Waals surface area (Å²) in [6, 6.07) is 12.6. The van der Waals surface area contributed by atoms with Crippen molar-refractivity contribution in [3.8, 4) is 6.07 Å². The first kappa shape index (κ1) is 15.1. The largest absolute Gasteiger partial charge is 0.545 e. The molecule has 108 valence electrons. The molecule has 0 amide bonds. The summed E-state index contributed by atoms with van der Waals surface area (Å²) in [4.78, 5) is 22.8. The van der Waals surface area contributed by atoms with Gasteiger partial charge in [0.1, 0.15) is 17.5 Å². The number of halogens is 1. The smallest absolute Gasteiger partial charge is 0.206 e. The molecule has 0 saturated carbocycles. The van der Waals surface area contributed by atoms with Crippen LogP contribution in [0, 0.1) is 17.1 Å². The highest BCUT2D eigenvalue weighted by Crippen LogP contribution is 2.15. The Morgan fingerprint density at radius 1 is 1.09 bits per heavy atom. The molecule has 0 saturated heterocycles. The molecule has 0 aromatic heterocycles. The average Bonchev–Trinajstić information content (AvgIpc) is 2.53. The number of hydrogen-bond acceptors (Lipinski definition) is 4. The van der Waals surface area contributed by atoms with E-state index < -0.39 is 17.6 Å². The molecule has 5 heteroatoms. The van der Waals surface area contributed by atoms with E-state index in [2.05, 4.69) is 0 Å². The molecule has 0 aliphatic rings. The highest BCUT2D eigenvalue weighted by atomic mass is 19.1. The predicted molar refractivity (Wildman–Crippen MR) is 75.1 cm³/mol. The Morgan fingerprint density at radius 3 is 2.27 bits per heavy atom. The molecule has 0 unspecified atom stereocenters. The summed E-state index contributed by atoms with van der Waals surface area (Å²) >= 11 is 0. The monoisotopic (exact) mass is 294 g/mol. The van der Waals surface area contributed by atoms with Crippen molar-refractivity contribution in [3.63, 3.8) is 0 Å². The molecule has 0 heterocycles. The lowest BCUT2D eigenvalue weighted by molar-refractivity contribution is -0.255. The summed E-state index contributed by atoms with van der Waals surface area (Å²) in [7, 11) is 0. The normalized spacial score (nSPS) is 10.8. The van der Waals surface area contributed by atoms with Gasteiger partial charge in [-0.3, -0.25) is 4.79 Å². The van der Waals surface area contributed by atoms with E-state index in [-0.39, 0.29) is 16.7 Å². The van der Waals surface area contributed by atoms with Gasteiger partial charge in [0.2, 0.25) is 5.78 Å². The van der Waals surface area contributed by atoms with Gasteiger partial charge in [-0.2, -0.15) is 5.26 Å². The number of rotatable bonds is 4. The van der Waals surface area contributed by atoms with Gasteiger partial charge in [-0.25, -0.2) is 4.39 Å². The highest BCUT2D eigenvalue weighted by molar-refractivity contribution is 6.14. The Bertz CT molecular complexity index is 801. The van der Waals surface area contributed by atoms with E-state index in [1.54, 1.807) is 6.07 Å². The first-order valence-electron chi connectivity index (χ1n) is 6.25. The van der Waals surface area contributed by atoms with E-state index in [1.165, 1.54) is 48.5 Å². The lowest BCUT2D eigenvalue weighted by atomic mass is 10.0. The molecule has 0 aliphatic heterocycles. The van der Waals surface area contributed by atoms with Crippen LogP contribution in [0.5, 0.6) is 0 Å². The first-order valence-corrected chi connectivity index (χ1v) is 6.25. The minimum absolute atomic E-state index is 0.0175. The Labute approximate surface area is 125 Å². The molecule has 0 radical (unpaired) electrons. The van der Waals surface area contributed by atoms with Crippen LogP contribution < -0.4 is 5.11 Å². The number of carboxylic acid groups (broad SMARTS) is 1. The van der Waals surface area contributed by atoms with Crippen LogP contribution in [0.4, 0.5) is 4.39 Å². The second-order valence-corrected chi connectivity index (χ2v) is 4.39. The lowest BCUT2D eigenvalue weighted by Crippen LogP contribution is -2.21. The number of Topliss-reactive ketones (excluding diaryl/α,β-unsaturated/α-hetero) is 1. The standard InChI is InChI=1S/C17H10FNO3/c18-15-4-2-1-3-14(15)16(20)13(10-19)9-11-5-7-12(8-6-11)17(21)22/h1-9H,(H,21,22)/p-1/b13-9+. The first-order chi connectivity index (χ1) is 10.5. The van der Waals surface area contributed by atoms with E-state index in [0.717, 1.165) is 6.07 Å². The molecular formula is C17H9FNO3-. The van der Waals surface area contributed by atoms with Gasteiger partial charge in [0.25, 0.3) is 0 Å². The number of benzene rings is 2. The van der Waals surface area contributed by atoms with Crippen molar-refractivity contribution >= 4 is 17.8 Å². The maximum absolute atomic E-state index is 13.6. The summed E-state index contributed by atoms with van der Waals surface area (Å²) in [6.07, 6.45) is 1.27. The summed E-state index contributed by atoms with van der Waals surface area (Å²) in [5.41, 5.74) is -0.00437. The zero-order valence-electron chi connectivity index (χ0n) is 11.2. The van der Waals surface area contributed by atoms with Gasteiger partial charge < -0.3 is 9.90 Å². The van der Waals surface area contributed by atoms with Crippen molar-refractivity contribution in [3.05, 3.63) is 76.6 Å². The molecule has 4 nitrogen and oxygen atoms in total. The second kappa shape index (κ2) is 6.46. The van der Waals surface area contributed by atoms with Gasteiger partial charge in [-0.1, -0.05) is 36.4 Å². The van der Waals surface area contributed by atoms with Crippen molar-refractivity contribution in [1.29, 1.82) is 5.26 Å². The Balaban J connectivity index is 2.36. The van der Waals surface area contributed by atoms with Crippen LogP contribution in [0.2, 0.25) is 0 Å². The van der Waals surface area contributed by atoms with Gasteiger partial charge in [0, 0.05) is 0 Å². The van der Waals surface area contributed by atoms with Crippen molar-refractivity contribution in [1.82, 2.24) is 0 Å². The fourth-order valence-corrected chi connectivity index (χ4v) is 1.82. The van der Waals surface area contributed by atoms with E-state index >= 15 is 0 Å². The van der Waals surface area contributed by atoms with Crippen molar-refractivity contribution in [2.75, 3.05) is 0 Å². The third kappa shape index (κ3) is 3.25. The van der Waals surface area contributed by atoms with Crippen LogP contribution in [-0.2, 0) is 0 Å². The molecule has 0 atom stereocenters. The number of aromatic carboxylic acids is 1. The zero-order chi connectivity index (χ0) is 16.1. The molecule has 22 heavy (non-hydrogen) atoms. The summed E-state index contributed by atoms with van der Waals surface area (Å²) in [5.74, 6) is -2.76. The maximum Gasteiger partial charge on any atom is 0.206 e. The van der Waals surface area contributed by atoms with E-state index in [9.17, 15) is 19.1 Å². The average molecular weight is 294 g/mol. The number of carboxylic acids is 1. The lowest BCUT2D eigenvalue weighted by Gasteiger charge is -2.03. The topological polar surface area (TPSA) is 81.0 Å². The fourth-order valence-electron chi connectivity index (χ4n) is 1.82. The van der Waals surface area contributed by atoms with Gasteiger partial charge in [0.05, 0.1) is 11.5 Å². The minimum atomic E-state index is -1.32. The molecule has 0 N–H and O–H groups in total. The maximum atomic E-state index is 13.6. The molecule has 0 spiro atoms. The van der Waals surface area contributed by atoms with Crippen LogP contribution in [0.15, 0.2) is 54.1 Å². The van der Waals surface area contributed by atoms with Gasteiger partial charge in [-0.05, 0) is 29.3 Å². The molecule has 2 aromatic rings. The third-order valence-electron chi connectivity index (χ3n) is 2.94. The zero-order valence-corrected chi connectivity index (χ0v) is 11.2. The molecular weight excluding hydrogens is 285 g/mol. The van der Waals surface area contributed by atoms with E-state index in [0.29, 0.717) is 5.56 Å². The van der Waals surface area contributed by atoms with Crippen LogP contribution in [0.1, 0.15) is 26.3 Å². The predicted octanol–water partition coefficient (Wildman–Crippen LogP) is 1.98. The number of hydrogen-bond donors (Lipinski definition) is 0. The molecule has 0 aliphatic carbocycles. The number of nitrogens with zero attached hydrogens (tertiary/aromatic N) is 1. The number of ketones is 1. The van der Waals surface area contributed by atoms with Gasteiger partial charge >= 0.3 is 0 Å². The summed E-state index contributed by atoms with van der Waals surface area (Å²) in [5, 5.41) is 19.7. The SMILES string of the molecule is N#C/C(=C\c1ccc(C(=O)[O-])cc1)C(=O)c1ccccc1F. The van der Waals surface area contributed by atoms with Gasteiger partial charge in [0.15, 0.2) is 0 Å². The van der Waals surface area contributed by atoms with Crippen LogP contribution in [-0.4, -0.2) is 11.8 Å². The van der Waals surface area contributed by atoms with Crippen LogP contribution in [0.25, 0.3) is 6.08 Å². The third-order valence-corrected chi connectivity index (χ3v) is 2.94. The van der Waals surface area contributed by atoms with Crippen molar-refractivity contribution in [2.45, 2.75) is 0 Å². The van der Waals surface area contributed by atoms with Crippen molar-refractivity contribution in [2.24, 2.45) is 0 Å². The minimum Gasteiger partial charge on any atom is -0.545 e. The number of carbonyl (C=O) groups excluding carboxylic acids is 2. The Kier molecular flexibility index (Phi) is 4.44. The van der Waals surface area contributed by atoms with Crippen molar-refractivity contribution < 1.29 is 19.1 Å². The van der Waals surface area contributed by atoms with E-state index in [4.69, 9.17) is 5.26 Å². The Morgan fingerprint density at radius 2 is 1.73 bits per heavy atom. The number of nitriles is 1. The molecule has 0 fully saturated rings. The second-order valence-electron chi connectivity index (χ2n) is 4.39. The number of allylic oxidation sites excluding steroid dienone is 1. The van der Waals surface area contributed by atoms with Crippen LogP contribution in [0.3, 0.4) is 0 Å². The molecule has 2 rings (SSSR count). The van der Waals surface area contributed by atoms with Gasteiger partial charge in [-0.15, -0.1) is 0 Å². The Hall–Kier alpha value is -3.26. The highest BCUT2D eigenvalue weighted by Gasteiger charge is 2.15.